The molecule has 0 fully saturated rings. The van der Waals surface area contributed by atoms with Crippen LogP contribution in [0.2, 0.25) is 0 Å². The lowest BCUT2D eigenvalue weighted by Gasteiger charge is -2.22. The van der Waals surface area contributed by atoms with Crippen molar-refractivity contribution in [2.45, 2.75) is 52.4 Å². The molecule has 5 aromatic carbocycles. The lowest BCUT2D eigenvalue weighted by atomic mass is 9.83. The molecule has 1 N–H and O–H groups in total. The number of rotatable bonds is 3. The lowest BCUT2D eigenvalue weighted by molar-refractivity contribution is 0.590. The van der Waals surface area contributed by atoms with Gasteiger partial charge in [-0.3, -0.25) is 0 Å². The first-order chi connectivity index (χ1) is 27.5. The third-order valence-corrected chi connectivity index (χ3v) is 11.5. The highest BCUT2D eigenvalue weighted by molar-refractivity contribution is 6.16. The van der Waals surface area contributed by atoms with Gasteiger partial charge in [0.25, 0.3) is 0 Å². The number of H-pyrrole nitrogens is 1. The first kappa shape index (κ1) is 34.8. The van der Waals surface area contributed by atoms with Crippen LogP contribution in [0.3, 0.4) is 0 Å². The van der Waals surface area contributed by atoms with Crippen LogP contribution in [0, 0.1) is 0 Å². The zero-order valence-electron chi connectivity index (χ0n) is 33.3. The monoisotopic (exact) mass is 736 g/mol. The Kier molecular flexibility index (Phi) is 7.92. The van der Waals surface area contributed by atoms with E-state index in [2.05, 4.69) is 198 Å². The van der Waals surface area contributed by atoms with Crippen molar-refractivity contribution in [1.82, 2.24) is 19.9 Å². The van der Waals surface area contributed by atoms with Gasteiger partial charge in [0.2, 0.25) is 0 Å². The number of hydrogen-bond donors (Lipinski definition) is 1. The summed E-state index contributed by atoms with van der Waals surface area (Å²) in [4.78, 5) is 20.2. The van der Waals surface area contributed by atoms with E-state index in [4.69, 9.17) is 15.0 Å². The number of nitrogens with zero attached hydrogens (tertiary/aromatic N) is 3. The van der Waals surface area contributed by atoms with Crippen LogP contribution in [-0.4, -0.2) is 19.9 Å². The van der Waals surface area contributed by atoms with E-state index in [0.29, 0.717) is 0 Å². The minimum absolute atomic E-state index is 0.101. The Morgan fingerprint density at radius 1 is 0.333 bits per heavy atom. The van der Waals surface area contributed by atoms with Crippen molar-refractivity contribution >= 4 is 21.8 Å². The van der Waals surface area contributed by atoms with E-state index in [9.17, 15) is 0 Å². The van der Waals surface area contributed by atoms with Crippen LogP contribution in [0.4, 0.5) is 0 Å². The third kappa shape index (κ3) is 6.22. The first-order valence-corrected chi connectivity index (χ1v) is 19.8. The van der Waals surface area contributed by atoms with Crippen LogP contribution in [-0.2, 0) is 10.8 Å². The molecule has 1 aliphatic rings. The van der Waals surface area contributed by atoms with Crippen molar-refractivity contribution < 1.29 is 0 Å². The normalized spacial score (nSPS) is 12.4. The second kappa shape index (κ2) is 13.0. The molecule has 0 atom stereocenters. The van der Waals surface area contributed by atoms with Gasteiger partial charge in [0.15, 0.2) is 0 Å². The molecule has 5 heterocycles. The molecule has 8 bridgehead atoms. The van der Waals surface area contributed by atoms with Crippen molar-refractivity contribution in [2.24, 2.45) is 0 Å². The van der Waals surface area contributed by atoms with Crippen LogP contribution >= 0.6 is 0 Å². The zero-order valence-corrected chi connectivity index (χ0v) is 33.3. The highest BCUT2D eigenvalue weighted by Gasteiger charge is 2.25. The summed E-state index contributed by atoms with van der Waals surface area (Å²) in [6.07, 6.45) is 0. The molecule has 0 spiro atoms. The first-order valence-electron chi connectivity index (χ1n) is 19.8. The van der Waals surface area contributed by atoms with Gasteiger partial charge in [-0.2, -0.15) is 0 Å². The summed E-state index contributed by atoms with van der Waals surface area (Å²) >= 11 is 0. The van der Waals surface area contributed by atoms with Gasteiger partial charge in [0.1, 0.15) is 0 Å². The number of benzene rings is 5. The number of pyridine rings is 3. The van der Waals surface area contributed by atoms with Crippen molar-refractivity contribution in [3.8, 4) is 78.7 Å². The molecule has 1 aliphatic heterocycles. The van der Waals surface area contributed by atoms with Gasteiger partial charge in [0.05, 0.1) is 45.2 Å². The Labute approximate surface area is 334 Å². The molecule has 4 nitrogen and oxygen atoms in total. The fourth-order valence-corrected chi connectivity index (χ4v) is 8.14. The van der Waals surface area contributed by atoms with E-state index in [0.717, 1.165) is 78.6 Å². The highest BCUT2D eigenvalue weighted by Crippen LogP contribution is 2.44. The van der Waals surface area contributed by atoms with Crippen molar-refractivity contribution in [2.75, 3.05) is 0 Å². The summed E-state index contributed by atoms with van der Waals surface area (Å²) in [6, 6.07) is 54.5. The number of fused-ring (bicyclic) bond motifs is 11. The van der Waals surface area contributed by atoms with Crippen LogP contribution in [0.15, 0.2) is 152 Å². The fraction of sp³-hybridized carbons (Fsp3) is 0.151. The zero-order chi connectivity index (χ0) is 39.1. The van der Waals surface area contributed by atoms with Crippen molar-refractivity contribution in [3.05, 3.63) is 163 Å². The highest BCUT2D eigenvalue weighted by atomic mass is 14.8. The Hall–Kier alpha value is -6.65. The van der Waals surface area contributed by atoms with Crippen LogP contribution < -0.4 is 0 Å². The van der Waals surface area contributed by atoms with E-state index in [1.807, 2.05) is 0 Å². The summed E-state index contributed by atoms with van der Waals surface area (Å²) in [5, 5.41) is 2.38. The molecule has 9 aromatic rings. The molecule has 0 aliphatic carbocycles. The topological polar surface area (TPSA) is 54.5 Å². The van der Waals surface area contributed by atoms with Gasteiger partial charge in [-0.25, -0.2) is 15.0 Å². The quantitative estimate of drug-likeness (QED) is 0.196. The van der Waals surface area contributed by atoms with Crippen molar-refractivity contribution in [1.29, 1.82) is 0 Å². The molecule has 0 saturated carbocycles. The molecule has 0 amide bonds. The van der Waals surface area contributed by atoms with E-state index in [1.165, 1.54) is 33.0 Å². The van der Waals surface area contributed by atoms with Gasteiger partial charge in [0, 0.05) is 21.9 Å². The van der Waals surface area contributed by atoms with Crippen LogP contribution in [0.25, 0.3) is 100 Å². The molecule has 0 unspecified atom stereocenters. The standard InChI is InChI=1S/C53H44N4/c1-52(2,3)38-28-40-41-29-39(53(4,5)6)31-43-47-25-37(35-22-20-34(21-23-35)32-14-9-7-10-15-32)27-49(56-47)45-19-13-18-44(54-45)48-26-36(33-16-11-8-12-17-33)24-46(55-48)42(30-38)50(40)57-51(41)43/h7-31,57H,1-6H3. The predicted molar refractivity (Wildman–Crippen MR) is 238 cm³/mol. The molecule has 4 heteroatoms. The SMILES string of the molecule is CC(C)(C)c1cc2c3[nH]c4c(cc(C(C)(C)C)cc4c3c1)-c1cc(-c3ccc(-c4ccccc4)cc3)cc(n1)-c1cccc(n1)-c1cc(-c3ccccc3)cc-2n1. The minimum atomic E-state index is -0.107. The molecule has 0 saturated heterocycles. The largest absolute Gasteiger partial charge is 0.353 e. The van der Waals surface area contributed by atoms with Crippen LogP contribution in [0.1, 0.15) is 52.7 Å². The Morgan fingerprint density at radius 2 is 0.702 bits per heavy atom. The fourth-order valence-electron chi connectivity index (χ4n) is 8.14. The summed E-state index contributed by atoms with van der Waals surface area (Å²) in [6.45, 7) is 13.8. The molecule has 10 rings (SSSR count). The van der Waals surface area contributed by atoms with E-state index < -0.39 is 0 Å². The van der Waals surface area contributed by atoms with Gasteiger partial charge in [-0.05, 0) is 116 Å². The van der Waals surface area contributed by atoms with E-state index in [-0.39, 0.29) is 10.8 Å². The van der Waals surface area contributed by atoms with E-state index >= 15 is 0 Å². The summed E-state index contributed by atoms with van der Waals surface area (Å²) in [5.74, 6) is 0. The third-order valence-electron chi connectivity index (χ3n) is 11.5. The molecular formula is C53H44N4. The second-order valence-electron chi connectivity index (χ2n) is 17.5. The molecular weight excluding hydrogens is 693 g/mol. The molecule has 276 valence electrons. The molecule has 57 heavy (non-hydrogen) atoms. The maximum Gasteiger partial charge on any atom is 0.0900 e. The number of aromatic nitrogens is 4. The Balaban J connectivity index is 1.33. The van der Waals surface area contributed by atoms with Gasteiger partial charge < -0.3 is 4.98 Å². The predicted octanol–water partition coefficient (Wildman–Crippen LogP) is 14.1. The Morgan fingerprint density at radius 3 is 1.14 bits per heavy atom. The summed E-state index contributed by atoms with van der Waals surface area (Å²) < 4.78 is 0. The molecule has 4 aromatic heterocycles. The van der Waals surface area contributed by atoms with Crippen molar-refractivity contribution in [3.63, 3.8) is 0 Å². The maximum absolute atomic E-state index is 5.47. The van der Waals surface area contributed by atoms with Gasteiger partial charge in [-0.15, -0.1) is 0 Å². The number of nitrogens with one attached hydrogen (secondary N) is 1. The Bertz CT molecular complexity index is 3000. The smallest absolute Gasteiger partial charge is 0.0900 e. The summed E-state index contributed by atoms with van der Waals surface area (Å²) in [7, 11) is 0. The maximum atomic E-state index is 5.47. The van der Waals surface area contributed by atoms with Gasteiger partial charge in [-0.1, -0.05) is 133 Å². The average Bonchev–Trinajstić information content (AvgIpc) is 3.61. The minimum Gasteiger partial charge on any atom is -0.353 e. The number of aromatic amines is 1. The lowest BCUT2D eigenvalue weighted by Crippen LogP contribution is -2.11. The molecule has 0 radical (unpaired) electrons. The van der Waals surface area contributed by atoms with Crippen LogP contribution in [0.5, 0.6) is 0 Å². The van der Waals surface area contributed by atoms with E-state index in [1.54, 1.807) is 0 Å². The second-order valence-corrected chi connectivity index (χ2v) is 17.5. The van der Waals surface area contributed by atoms with Gasteiger partial charge >= 0.3 is 0 Å². The summed E-state index contributed by atoms with van der Waals surface area (Å²) in [5.41, 5.74) is 18.5. The number of hydrogen-bond acceptors (Lipinski definition) is 3. The average molecular weight is 737 g/mol.